The van der Waals surface area contributed by atoms with E-state index in [2.05, 4.69) is 15.4 Å². The molecule has 0 aliphatic carbocycles. The zero-order valence-corrected chi connectivity index (χ0v) is 18.1. The Morgan fingerprint density at radius 2 is 1.80 bits per heavy atom. The van der Waals surface area contributed by atoms with Gasteiger partial charge in [0, 0.05) is 18.7 Å². The van der Waals surface area contributed by atoms with Crippen molar-refractivity contribution in [1.82, 2.24) is 19.1 Å². The number of hydrogen-bond donors (Lipinski definition) is 1. The Hall–Kier alpha value is -3.04. The van der Waals surface area contributed by atoms with Crippen LogP contribution in [0.3, 0.4) is 0 Å². The first-order chi connectivity index (χ1) is 14.3. The number of rotatable bonds is 8. The van der Waals surface area contributed by atoms with Crippen LogP contribution in [-0.2, 0) is 16.6 Å². The highest BCUT2D eigenvalue weighted by molar-refractivity contribution is 7.89. The molecule has 0 fully saturated rings. The Kier molecular flexibility index (Phi) is 6.63. The van der Waals surface area contributed by atoms with Crippen LogP contribution in [0, 0.1) is 6.92 Å². The molecular weight excluding hydrogens is 402 g/mol. The number of sulfonamides is 1. The minimum Gasteiger partial charge on any atom is -0.289 e. The molecule has 30 heavy (non-hydrogen) atoms. The number of amides is 1. The summed E-state index contributed by atoms with van der Waals surface area (Å²) < 4.78 is 28.8. The highest BCUT2D eigenvalue weighted by Crippen LogP contribution is 2.22. The first kappa shape index (κ1) is 21.7. The Balaban J connectivity index is 1.78. The number of carbonyl (C=O) groups excluding carboxylic acids is 1. The van der Waals surface area contributed by atoms with Crippen LogP contribution in [0.2, 0.25) is 0 Å². The average Bonchev–Trinajstić information content (AvgIpc) is 3.16. The van der Waals surface area contributed by atoms with Gasteiger partial charge in [-0.3, -0.25) is 10.1 Å². The van der Waals surface area contributed by atoms with Crippen LogP contribution in [0.15, 0.2) is 59.8 Å². The second kappa shape index (κ2) is 9.19. The summed E-state index contributed by atoms with van der Waals surface area (Å²) in [6, 6.07) is 14.4. The molecule has 9 heteroatoms. The molecule has 0 saturated carbocycles. The molecule has 1 N–H and O–H groups in total. The molecule has 1 amide bonds. The molecule has 0 unspecified atom stereocenters. The molecule has 0 bridgehead atoms. The fourth-order valence-corrected chi connectivity index (χ4v) is 4.80. The third-order valence-electron chi connectivity index (χ3n) is 4.72. The Bertz CT molecular complexity index is 1120. The van der Waals surface area contributed by atoms with Crippen molar-refractivity contribution in [2.45, 2.75) is 32.2 Å². The lowest BCUT2D eigenvalue weighted by atomic mass is 10.1. The molecule has 3 aromatic rings. The maximum absolute atomic E-state index is 12.9. The van der Waals surface area contributed by atoms with Crippen LogP contribution in [0.5, 0.6) is 0 Å². The van der Waals surface area contributed by atoms with Crippen molar-refractivity contribution in [1.29, 1.82) is 0 Å². The molecule has 1 heterocycles. The quantitative estimate of drug-likeness (QED) is 0.596. The van der Waals surface area contributed by atoms with Gasteiger partial charge in [-0.2, -0.15) is 4.31 Å². The van der Waals surface area contributed by atoms with Crippen molar-refractivity contribution < 1.29 is 13.2 Å². The van der Waals surface area contributed by atoms with E-state index < -0.39 is 15.9 Å². The van der Waals surface area contributed by atoms with E-state index in [1.54, 1.807) is 37.6 Å². The minimum absolute atomic E-state index is 0.126. The summed E-state index contributed by atoms with van der Waals surface area (Å²) in [5.74, 6) is -0.312. The molecular formula is C21H25N5O3S. The number of anilines is 1. The van der Waals surface area contributed by atoms with Crippen LogP contribution in [0.1, 0.15) is 35.3 Å². The molecule has 0 radical (unpaired) electrons. The fourth-order valence-electron chi connectivity index (χ4n) is 3.09. The summed E-state index contributed by atoms with van der Waals surface area (Å²) in [6.45, 7) is 6.52. The van der Waals surface area contributed by atoms with Gasteiger partial charge in [-0.15, -0.1) is 5.10 Å². The van der Waals surface area contributed by atoms with Crippen LogP contribution >= 0.6 is 0 Å². The molecule has 3 rings (SSSR count). The highest BCUT2D eigenvalue weighted by Gasteiger charge is 2.25. The second-order valence-corrected chi connectivity index (χ2v) is 8.68. The number of aryl methyl sites for hydroxylation is 1. The second-order valence-electron chi connectivity index (χ2n) is 6.78. The number of benzene rings is 2. The SMILES string of the molecule is CCN(CC)S(=O)(=O)c1cc(C(=O)Nc2ncn(Cc3ccccc3)n2)ccc1C. The topological polar surface area (TPSA) is 97.2 Å². The van der Waals surface area contributed by atoms with Crippen LogP contribution < -0.4 is 5.32 Å². The lowest BCUT2D eigenvalue weighted by Crippen LogP contribution is -2.31. The maximum atomic E-state index is 12.9. The number of hydrogen-bond acceptors (Lipinski definition) is 5. The standard InChI is InChI=1S/C21H25N5O3S/c1-4-26(5-2)30(28,29)19-13-18(12-11-16(19)3)20(27)23-21-22-15-25(24-21)14-17-9-7-6-8-10-17/h6-13,15H,4-5,14H2,1-3H3,(H,23,24,27). The van der Waals surface area contributed by atoms with Crippen molar-refractivity contribution in [3.05, 3.63) is 71.5 Å². The van der Waals surface area contributed by atoms with E-state index in [0.717, 1.165) is 5.56 Å². The zero-order valence-electron chi connectivity index (χ0n) is 17.2. The smallest absolute Gasteiger partial charge is 0.258 e. The predicted octanol–water partition coefficient (Wildman–Crippen LogP) is 2.92. The predicted molar refractivity (Wildman–Crippen MR) is 115 cm³/mol. The highest BCUT2D eigenvalue weighted by atomic mass is 32.2. The molecule has 0 saturated heterocycles. The van der Waals surface area contributed by atoms with E-state index >= 15 is 0 Å². The number of carbonyl (C=O) groups is 1. The minimum atomic E-state index is -3.67. The van der Waals surface area contributed by atoms with Crippen LogP contribution in [-0.4, -0.2) is 46.5 Å². The normalized spacial score (nSPS) is 11.6. The zero-order chi connectivity index (χ0) is 21.7. The molecule has 0 aliphatic rings. The van der Waals surface area contributed by atoms with Crippen molar-refractivity contribution in [2.24, 2.45) is 0 Å². The van der Waals surface area contributed by atoms with Gasteiger partial charge in [-0.25, -0.2) is 18.1 Å². The molecule has 0 spiro atoms. The van der Waals surface area contributed by atoms with Crippen LogP contribution in [0.4, 0.5) is 5.95 Å². The first-order valence-corrected chi connectivity index (χ1v) is 11.1. The number of nitrogens with zero attached hydrogens (tertiary/aromatic N) is 4. The lowest BCUT2D eigenvalue weighted by Gasteiger charge is -2.20. The summed E-state index contributed by atoms with van der Waals surface area (Å²) >= 11 is 0. The summed E-state index contributed by atoms with van der Waals surface area (Å²) in [7, 11) is -3.67. The van der Waals surface area contributed by atoms with E-state index in [-0.39, 0.29) is 16.4 Å². The van der Waals surface area contributed by atoms with E-state index in [1.807, 2.05) is 30.3 Å². The summed E-state index contributed by atoms with van der Waals surface area (Å²) in [5.41, 5.74) is 1.87. The Morgan fingerprint density at radius 3 is 2.47 bits per heavy atom. The van der Waals surface area contributed by atoms with Gasteiger partial charge in [-0.1, -0.05) is 50.2 Å². The number of nitrogens with one attached hydrogen (secondary N) is 1. The van der Waals surface area contributed by atoms with E-state index in [4.69, 9.17) is 0 Å². The molecule has 158 valence electrons. The summed E-state index contributed by atoms with van der Waals surface area (Å²) in [4.78, 5) is 16.9. The van der Waals surface area contributed by atoms with Crippen molar-refractivity contribution in [3.63, 3.8) is 0 Å². The van der Waals surface area contributed by atoms with Gasteiger partial charge in [0.05, 0.1) is 11.4 Å². The van der Waals surface area contributed by atoms with Gasteiger partial charge in [0.25, 0.3) is 5.91 Å². The largest absolute Gasteiger partial charge is 0.289 e. The monoisotopic (exact) mass is 427 g/mol. The van der Waals surface area contributed by atoms with E-state index in [9.17, 15) is 13.2 Å². The van der Waals surface area contributed by atoms with Gasteiger partial charge < -0.3 is 0 Å². The van der Waals surface area contributed by atoms with Gasteiger partial charge >= 0.3 is 0 Å². The van der Waals surface area contributed by atoms with E-state index in [0.29, 0.717) is 25.2 Å². The average molecular weight is 428 g/mol. The fraction of sp³-hybridized carbons (Fsp3) is 0.286. The van der Waals surface area contributed by atoms with Gasteiger partial charge in [0.15, 0.2) is 0 Å². The lowest BCUT2D eigenvalue weighted by molar-refractivity contribution is 0.102. The summed E-state index contributed by atoms with van der Waals surface area (Å²) in [6.07, 6.45) is 1.54. The van der Waals surface area contributed by atoms with E-state index in [1.165, 1.54) is 16.7 Å². The third-order valence-corrected chi connectivity index (χ3v) is 6.91. The Labute approximate surface area is 176 Å². The van der Waals surface area contributed by atoms with Gasteiger partial charge in [-0.05, 0) is 30.2 Å². The molecule has 2 aromatic carbocycles. The molecule has 0 atom stereocenters. The van der Waals surface area contributed by atoms with Crippen molar-refractivity contribution >= 4 is 21.9 Å². The van der Waals surface area contributed by atoms with Gasteiger partial charge in [0.1, 0.15) is 6.33 Å². The Morgan fingerprint density at radius 1 is 1.10 bits per heavy atom. The maximum Gasteiger partial charge on any atom is 0.258 e. The third kappa shape index (κ3) is 4.74. The van der Waals surface area contributed by atoms with Crippen molar-refractivity contribution in [2.75, 3.05) is 18.4 Å². The van der Waals surface area contributed by atoms with Crippen molar-refractivity contribution in [3.8, 4) is 0 Å². The van der Waals surface area contributed by atoms with Gasteiger partial charge in [0.2, 0.25) is 16.0 Å². The summed E-state index contributed by atoms with van der Waals surface area (Å²) in [5, 5.41) is 6.89. The molecule has 1 aromatic heterocycles. The number of aromatic nitrogens is 3. The molecule has 8 nitrogen and oxygen atoms in total. The first-order valence-electron chi connectivity index (χ1n) is 9.70. The van der Waals surface area contributed by atoms with Crippen LogP contribution in [0.25, 0.3) is 0 Å². The molecule has 0 aliphatic heterocycles.